The Morgan fingerprint density at radius 3 is 2.06 bits per heavy atom. The molecule has 2 aliphatic rings. The van der Waals surface area contributed by atoms with E-state index in [9.17, 15) is 8.42 Å². The summed E-state index contributed by atoms with van der Waals surface area (Å²) in [5.74, 6) is 0. The molecule has 0 radical (unpaired) electrons. The number of likely N-dealkylation sites (N-methyl/N-ethyl adjacent to an activating group) is 1. The lowest BCUT2D eigenvalue weighted by Crippen LogP contribution is -2.50. The molecule has 94 valence electrons. The van der Waals surface area contributed by atoms with Gasteiger partial charge in [0.05, 0.1) is 5.25 Å². The summed E-state index contributed by atoms with van der Waals surface area (Å²) in [5, 5.41) is -0.0929. The summed E-state index contributed by atoms with van der Waals surface area (Å²) in [6.07, 6.45) is 5.10. The molecule has 1 heterocycles. The van der Waals surface area contributed by atoms with E-state index in [0.717, 1.165) is 38.8 Å². The molecule has 1 saturated carbocycles. The predicted octanol–water partition coefficient (Wildman–Crippen LogP) is 0.896. The van der Waals surface area contributed by atoms with Crippen molar-refractivity contribution in [3.8, 4) is 0 Å². The van der Waals surface area contributed by atoms with Crippen LogP contribution in [0.25, 0.3) is 0 Å². The number of piperazine rings is 1. The van der Waals surface area contributed by atoms with Gasteiger partial charge in [0.25, 0.3) is 0 Å². The second kappa shape index (κ2) is 5.02. The van der Waals surface area contributed by atoms with Crippen LogP contribution in [0, 0.1) is 0 Å². The van der Waals surface area contributed by atoms with Gasteiger partial charge >= 0.3 is 0 Å². The molecule has 0 aromatic rings. The summed E-state index contributed by atoms with van der Waals surface area (Å²) in [7, 11) is -0.956. The smallest absolute Gasteiger partial charge is 0.217 e. The number of rotatable bonds is 2. The average Bonchev–Trinajstić information content (AvgIpc) is 2.31. The van der Waals surface area contributed by atoms with Gasteiger partial charge in [-0.1, -0.05) is 19.3 Å². The van der Waals surface area contributed by atoms with Gasteiger partial charge < -0.3 is 4.90 Å². The zero-order chi connectivity index (χ0) is 11.6. The van der Waals surface area contributed by atoms with Crippen LogP contribution in [0.2, 0.25) is 0 Å². The number of hydrogen-bond donors (Lipinski definition) is 0. The maximum Gasteiger partial charge on any atom is 0.217 e. The van der Waals surface area contributed by atoms with E-state index in [1.54, 1.807) is 4.31 Å². The Labute approximate surface area is 98.7 Å². The van der Waals surface area contributed by atoms with Gasteiger partial charge in [0, 0.05) is 26.2 Å². The van der Waals surface area contributed by atoms with E-state index >= 15 is 0 Å². The molecule has 0 amide bonds. The third kappa shape index (κ3) is 2.57. The van der Waals surface area contributed by atoms with Gasteiger partial charge in [-0.2, -0.15) is 4.31 Å². The maximum atomic E-state index is 12.4. The first-order valence-corrected chi connectivity index (χ1v) is 7.78. The lowest BCUT2D eigenvalue weighted by Gasteiger charge is -2.35. The van der Waals surface area contributed by atoms with Gasteiger partial charge in [-0.3, -0.25) is 0 Å². The highest BCUT2D eigenvalue weighted by Gasteiger charge is 2.34. The van der Waals surface area contributed by atoms with Crippen molar-refractivity contribution in [3.63, 3.8) is 0 Å². The fourth-order valence-corrected chi connectivity index (χ4v) is 4.64. The van der Waals surface area contributed by atoms with Crippen LogP contribution in [0.4, 0.5) is 0 Å². The standard InChI is InChI=1S/C11H22N2O2S/c1-12-7-9-13(10-8-12)16(14,15)11-5-3-2-4-6-11/h11H,2-10H2,1H3. The van der Waals surface area contributed by atoms with E-state index in [0.29, 0.717) is 13.1 Å². The molecule has 0 N–H and O–H groups in total. The summed E-state index contributed by atoms with van der Waals surface area (Å²) in [5.41, 5.74) is 0. The van der Waals surface area contributed by atoms with Crippen molar-refractivity contribution in [1.29, 1.82) is 0 Å². The van der Waals surface area contributed by atoms with Gasteiger partial charge in [-0.05, 0) is 19.9 Å². The SMILES string of the molecule is CN1CCN(S(=O)(=O)C2CCCCC2)CC1. The molecule has 0 unspecified atom stereocenters. The first kappa shape index (κ1) is 12.3. The van der Waals surface area contributed by atoms with Crippen LogP contribution in [0.15, 0.2) is 0 Å². The van der Waals surface area contributed by atoms with Crippen LogP contribution in [-0.4, -0.2) is 56.1 Å². The minimum absolute atomic E-state index is 0.0929. The molecular formula is C11H22N2O2S. The highest BCUT2D eigenvalue weighted by molar-refractivity contribution is 7.89. The Hall–Kier alpha value is -0.130. The van der Waals surface area contributed by atoms with Gasteiger partial charge in [0.1, 0.15) is 0 Å². The van der Waals surface area contributed by atoms with Gasteiger partial charge in [-0.25, -0.2) is 8.42 Å². The molecule has 0 aromatic heterocycles. The van der Waals surface area contributed by atoms with Gasteiger partial charge in [-0.15, -0.1) is 0 Å². The van der Waals surface area contributed by atoms with E-state index in [4.69, 9.17) is 0 Å². The van der Waals surface area contributed by atoms with Crippen molar-refractivity contribution in [3.05, 3.63) is 0 Å². The predicted molar refractivity (Wildman–Crippen MR) is 64.9 cm³/mol. The highest BCUT2D eigenvalue weighted by atomic mass is 32.2. The summed E-state index contributed by atoms with van der Waals surface area (Å²) < 4.78 is 26.4. The summed E-state index contributed by atoms with van der Waals surface area (Å²) in [4.78, 5) is 2.19. The molecule has 1 aliphatic heterocycles. The van der Waals surface area contributed by atoms with Crippen molar-refractivity contribution >= 4 is 10.0 Å². The minimum atomic E-state index is -3.00. The normalized spacial score (nSPS) is 27.1. The zero-order valence-corrected chi connectivity index (χ0v) is 10.9. The molecule has 4 nitrogen and oxygen atoms in total. The Morgan fingerprint density at radius 1 is 0.938 bits per heavy atom. The number of sulfonamides is 1. The van der Waals surface area contributed by atoms with Crippen LogP contribution in [-0.2, 0) is 10.0 Å². The van der Waals surface area contributed by atoms with E-state index in [2.05, 4.69) is 4.90 Å². The highest BCUT2D eigenvalue weighted by Crippen LogP contribution is 2.26. The van der Waals surface area contributed by atoms with E-state index in [1.165, 1.54) is 6.42 Å². The second-order valence-electron chi connectivity index (χ2n) is 5.01. The molecule has 16 heavy (non-hydrogen) atoms. The first-order chi connectivity index (χ1) is 7.60. The van der Waals surface area contributed by atoms with Crippen molar-refractivity contribution < 1.29 is 8.42 Å². The molecule has 1 aliphatic carbocycles. The molecule has 0 aromatic carbocycles. The largest absolute Gasteiger partial charge is 0.304 e. The lowest BCUT2D eigenvalue weighted by molar-refractivity contribution is 0.220. The maximum absolute atomic E-state index is 12.4. The van der Waals surface area contributed by atoms with Crippen LogP contribution in [0.5, 0.6) is 0 Å². The Balaban J connectivity index is 2.00. The van der Waals surface area contributed by atoms with Crippen molar-refractivity contribution in [2.24, 2.45) is 0 Å². The van der Waals surface area contributed by atoms with Crippen LogP contribution >= 0.6 is 0 Å². The second-order valence-corrected chi connectivity index (χ2v) is 7.22. The minimum Gasteiger partial charge on any atom is -0.304 e. The summed E-state index contributed by atoms with van der Waals surface area (Å²) in [6, 6.07) is 0. The van der Waals surface area contributed by atoms with Gasteiger partial charge in [0.2, 0.25) is 10.0 Å². The van der Waals surface area contributed by atoms with Crippen LogP contribution < -0.4 is 0 Å². The first-order valence-electron chi connectivity index (χ1n) is 6.28. The van der Waals surface area contributed by atoms with Crippen molar-refractivity contribution in [2.75, 3.05) is 33.2 Å². The summed E-state index contributed by atoms with van der Waals surface area (Å²) in [6.45, 7) is 3.09. The monoisotopic (exact) mass is 246 g/mol. The van der Waals surface area contributed by atoms with E-state index < -0.39 is 10.0 Å². The van der Waals surface area contributed by atoms with Gasteiger partial charge in [0.15, 0.2) is 0 Å². The molecule has 0 bridgehead atoms. The third-order valence-electron chi connectivity index (χ3n) is 3.80. The molecule has 0 spiro atoms. The molecule has 0 atom stereocenters. The fourth-order valence-electron chi connectivity index (χ4n) is 2.62. The third-order valence-corrected chi connectivity index (χ3v) is 6.19. The molecule has 2 fully saturated rings. The Kier molecular flexibility index (Phi) is 3.87. The summed E-state index contributed by atoms with van der Waals surface area (Å²) >= 11 is 0. The quantitative estimate of drug-likeness (QED) is 0.727. The van der Waals surface area contributed by atoms with Crippen molar-refractivity contribution in [2.45, 2.75) is 37.4 Å². The zero-order valence-electron chi connectivity index (χ0n) is 10.1. The lowest BCUT2D eigenvalue weighted by atomic mass is 10.0. The van der Waals surface area contributed by atoms with Crippen molar-refractivity contribution in [1.82, 2.24) is 9.21 Å². The fraction of sp³-hybridized carbons (Fsp3) is 1.00. The average molecular weight is 246 g/mol. The molecule has 2 rings (SSSR count). The number of nitrogens with zero attached hydrogens (tertiary/aromatic N) is 2. The van der Waals surface area contributed by atoms with Crippen LogP contribution in [0.3, 0.4) is 0 Å². The molecule has 5 heteroatoms. The van der Waals surface area contributed by atoms with E-state index in [-0.39, 0.29) is 5.25 Å². The number of hydrogen-bond acceptors (Lipinski definition) is 3. The molecule has 1 saturated heterocycles. The Morgan fingerprint density at radius 2 is 1.50 bits per heavy atom. The van der Waals surface area contributed by atoms with E-state index in [1.807, 2.05) is 7.05 Å². The molecular weight excluding hydrogens is 224 g/mol. The Bertz CT molecular complexity index is 315. The van der Waals surface area contributed by atoms with Crippen LogP contribution in [0.1, 0.15) is 32.1 Å². The topological polar surface area (TPSA) is 40.6 Å².